The fourth-order valence-corrected chi connectivity index (χ4v) is 1.18. The number of hydrogen-bond donors (Lipinski definition) is 0. The molecule has 0 fully saturated rings. The van der Waals surface area contributed by atoms with Crippen LogP contribution >= 0.6 is 11.6 Å². The minimum Gasteiger partial charge on any atom is -0.251 e. The molecular weight excluding hydrogens is 224 g/mol. The highest BCUT2D eigenvalue weighted by atomic mass is 35.5. The lowest BCUT2D eigenvalue weighted by Crippen LogP contribution is -1.94. The van der Waals surface area contributed by atoms with E-state index in [9.17, 15) is 8.78 Å². The molecule has 0 saturated carbocycles. The van der Waals surface area contributed by atoms with Crippen molar-refractivity contribution in [1.82, 2.24) is 15.0 Å². The van der Waals surface area contributed by atoms with E-state index in [0.717, 1.165) is 18.6 Å². The number of nitrogens with zero attached hydrogens (tertiary/aromatic N) is 3. The molecule has 6 heteroatoms. The summed E-state index contributed by atoms with van der Waals surface area (Å²) in [6, 6.07) is 2.48. The highest BCUT2D eigenvalue weighted by Crippen LogP contribution is 2.21. The van der Waals surface area contributed by atoms with E-state index in [1.807, 2.05) is 0 Å². The van der Waals surface area contributed by atoms with E-state index in [2.05, 4.69) is 15.0 Å². The smallest absolute Gasteiger partial charge is 0.188 e. The number of aromatic nitrogens is 3. The number of pyridine rings is 1. The van der Waals surface area contributed by atoms with E-state index in [1.54, 1.807) is 0 Å². The minimum atomic E-state index is -0.765. The Kier molecular flexibility index (Phi) is 2.55. The molecule has 76 valence electrons. The Morgan fingerprint density at radius 3 is 2.53 bits per heavy atom. The van der Waals surface area contributed by atoms with Crippen LogP contribution in [0.1, 0.15) is 0 Å². The Morgan fingerprint density at radius 2 is 1.87 bits per heavy atom. The SMILES string of the molecule is Fc1ccc(-c2ncnc(Cl)c2F)nc1. The summed E-state index contributed by atoms with van der Waals surface area (Å²) in [7, 11) is 0. The van der Waals surface area contributed by atoms with Gasteiger partial charge in [0, 0.05) is 0 Å². The molecule has 0 aliphatic carbocycles. The molecule has 2 heterocycles. The lowest BCUT2D eigenvalue weighted by atomic mass is 10.2. The van der Waals surface area contributed by atoms with Crippen molar-refractivity contribution in [2.24, 2.45) is 0 Å². The zero-order valence-corrected chi connectivity index (χ0v) is 8.04. The normalized spacial score (nSPS) is 10.3. The maximum Gasteiger partial charge on any atom is 0.188 e. The summed E-state index contributed by atoms with van der Waals surface area (Å²) in [5.74, 6) is -1.27. The van der Waals surface area contributed by atoms with E-state index >= 15 is 0 Å². The Labute approximate surface area is 88.8 Å². The minimum absolute atomic E-state index is 0.0463. The first-order valence-electron chi connectivity index (χ1n) is 3.96. The van der Waals surface area contributed by atoms with Gasteiger partial charge in [-0.05, 0) is 12.1 Å². The van der Waals surface area contributed by atoms with Gasteiger partial charge in [0.25, 0.3) is 0 Å². The van der Waals surface area contributed by atoms with E-state index in [0.29, 0.717) is 0 Å². The van der Waals surface area contributed by atoms with E-state index in [-0.39, 0.29) is 16.5 Å². The largest absolute Gasteiger partial charge is 0.251 e. The van der Waals surface area contributed by atoms with E-state index in [4.69, 9.17) is 11.6 Å². The maximum atomic E-state index is 13.4. The van der Waals surface area contributed by atoms with Crippen molar-refractivity contribution in [3.63, 3.8) is 0 Å². The maximum absolute atomic E-state index is 13.4. The summed E-state index contributed by atoms with van der Waals surface area (Å²) < 4.78 is 26.0. The summed E-state index contributed by atoms with van der Waals surface area (Å²) in [5, 5.41) is -0.286. The zero-order chi connectivity index (χ0) is 10.8. The van der Waals surface area contributed by atoms with Gasteiger partial charge in [-0.3, -0.25) is 4.98 Å². The van der Waals surface area contributed by atoms with Crippen molar-refractivity contribution in [1.29, 1.82) is 0 Å². The molecule has 0 saturated heterocycles. The Morgan fingerprint density at radius 1 is 1.07 bits per heavy atom. The van der Waals surface area contributed by atoms with Gasteiger partial charge in [-0.2, -0.15) is 0 Å². The van der Waals surface area contributed by atoms with Crippen LogP contribution in [0.5, 0.6) is 0 Å². The van der Waals surface area contributed by atoms with Gasteiger partial charge in [0.05, 0.1) is 11.9 Å². The Hall–Kier alpha value is -1.62. The van der Waals surface area contributed by atoms with Crippen LogP contribution in [0, 0.1) is 11.6 Å². The number of rotatable bonds is 1. The van der Waals surface area contributed by atoms with Crippen LogP contribution in [0.15, 0.2) is 24.7 Å². The van der Waals surface area contributed by atoms with Crippen molar-refractivity contribution in [2.45, 2.75) is 0 Å². The molecule has 0 spiro atoms. The monoisotopic (exact) mass is 227 g/mol. The summed E-state index contributed by atoms with van der Waals surface area (Å²) in [4.78, 5) is 10.8. The quantitative estimate of drug-likeness (QED) is 0.703. The summed E-state index contributed by atoms with van der Waals surface area (Å²) >= 11 is 5.47. The molecule has 0 unspecified atom stereocenters. The van der Waals surface area contributed by atoms with Gasteiger partial charge in [-0.15, -0.1) is 0 Å². The van der Waals surface area contributed by atoms with Crippen LogP contribution in [0.3, 0.4) is 0 Å². The third-order valence-corrected chi connectivity index (χ3v) is 1.98. The van der Waals surface area contributed by atoms with Gasteiger partial charge < -0.3 is 0 Å². The Balaban J connectivity index is 2.54. The first-order chi connectivity index (χ1) is 7.18. The van der Waals surface area contributed by atoms with Crippen LogP contribution in [0.4, 0.5) is 8.78 Å². The lowest BCUT2D eigenvalue weighted by molar-refractivity contribution is 0.613. The summed E-state index contributed by atoms with van der Waals surface area (Å²) in [6.45, 7) is 0. The third kappa shape index (κ3) is 1.92. The lowest BCUT2D eigenvalue weighted by Gasteiger charge is -2.01. The Bertz CT molecular complexity index is 487. The molecule has 0 aromatic carbocycles. The average molecular weight is 228 g/mol. The van der Waals surface area contributed by atoms with Crippen LogP contribution in [-0.2, 0) is 0 Å². The fraction of sp³-hybridized carbons (Fsp3) is 0. The van der Waals surface area contributed by atoms with Crippen LogP contribution < -0.4 is 0 Å². The second-order valence-corrected chi connectivity index (χ2v) is 3.05. The fourth-order valence-electron chi connectivity index (χ4n) is 1.04. The first kappa shape index (κ1) is 9.92. The van der Waals surface area contributed by atoms with Gasteiger partial charge in [-0.25, -0.2) is 18.7 Å². The van der Waals surface area contributed by atoms with Crippen LogP contribution in [0.2, 0.25) is 5.15 Å². The standard InChI is InChI=1S/C9H4ClF2N3/c10-9-7(12)8(14-4-15-9)6-2-1-5(11)3-13-6/h1-4H. The molecule has 0 aliphatic heterocycles. The van der Waals surface area contributed by atoms with Gasteiger partial charge in [0.1, 0.15) is 17.8 Å². The molecule has 0 bridgehead atoms. The van der Waals surface area contributed by atoms with Gasteiger partial charge in [0.15, 0.2) is 11.0 Å². The topological polar surface area (TPSA) is 38.7 Å². The highest BCUT2D eigenvalue weighted by Gasteiger charge is 2.12. The molecular formula is C9H4ClF2N3. The first-order valence-corrected chi connectivity index (χ1v) is 4.34. The molecule has 0 N–H and O–H groups in total. The molecule has 0 radical (unpaired) electrons. The van der Waals surface area contributed by atoms with E-state index in [1.165, 1.54) is 6.07 Å². The van der Waals surface area contributed by atoms with Crippen LogP contribution in [0.25, 0.3) is 11.4 Å². The predicted molar refractivity (Wildman–Crippen MR) is 50.2 cm³/mol. The van der Waals surface area contributed by atoms with E-state index < -0.39 is 11.6 Å². The zero-order valence-electron chi connectivity index (χ0n) is 7.28. The van der Waals surface area contributed by atoms with Gasteiger partial charge in [0.2, 0.25) is 0 Å². The molecule has 15 heavy (non-hydrogen) atoms. The van der Waals surface area contributed by atoms with Crippen molar-refractivity contribution in [3.8, 4) is 11.4 Å². The predicted octanol–water partition coefficient (Wildman–Crippen LogP) is 2.47. The molecule has 2 aromatic rings. The second-order valence-electron chi connectivity index (χ2n) is 2.69. The molecule has 3 nitrogen and oxygen atoms in total. The van der Waals surface area contributed by atoms with Gasteiger partial charge >= 0.3 is 0 Å². The molecule has 2 rings (SSSR count). The highest BCUT2D eigenvalue weighted by molar-refractivity contribution is 6.29. The van der Waals surface area contributed by atoms with Crippen molar-refractivity contribution >= 4 is 11.6 Å². The molecule has 2 aromatic heterocycles. The summed E-state index contributed by atoms with van der Waals surface area (Å²) in [5.41, 5.74) is 0.160. The molecule has 0 atom stereocenters. The summed E-state index contributed by atoms with van der Waals surface area (Å²) in [6.07, 6.45) is 2.09. The van der Waals surface area contributed by atoms with Crippen molar-refractivity contribution < 1.29 is 8.78 Å². The van der Waals surface area contributed by atoms with Crippen molar-refractivity contribution in [3.05, 3.63) is 41.4 Å². The number of halogens is 3. The van der Waals surface area contributed by atoms with Gasteiger partial charge in [-0.1, -0.05) is 11.6 Å². The second kappa shape index (κ2) is 3.86. The molecule has 0 aliphatic rings. The molecule has 0 amide bonds. The third-order valence-electron chi connectivity index (χ3n) is 1.72. The number of hydrogen-bond acceptors (Lipinski definition) is 3. The average Bonchev–Trinajstić information content (AvgIpc) is 2.24. The van der Waals surface area contributed by atoms with Crippen molar-refractivity contribution in [2.75, 3.05) is 0 Å². The van der Waals surface area contributed by atoms with Crippen LogP contribution in [-0.4, -0.2) is 15.0 Å².